The number of nitro benzene ring substituents is 1. The van der Waals surface area contributed by atoms with Gasteiger partial charge in [-0.2, -0.15) is 0 Å². The Kier molecular flexibility index (Phi) is 5.54. The van der Waals surface area contributed by atoms with Gasteiger partial charge in [-0.1, -0.05) is 24.8 Å². The molecule has 9 heteroatoms. The van der Waals surface area contributed by atoms with Crippen molar-refractivity contribution in [3.05, 3.63) is 74.9 Å². The molecule has 3 heterocycles. The second-order valence-electron chi connectivity index (χ2n) is 7.04. The summed E-state index contributed by atoms with van der Waals surface area (Å²) in [7, 11) is 0. The molecule has 2 aliphatic heterocycles. The Bertz CT molecular complexity index is 1020. The Morgan fingerprint density at radius 3 is 2.70 bits per heavy atom. The Morgan fingerprint density at radius 1 is 1.30 bits per heavy atom. The summed E-state index contributed by atoms with van der Waals surface area (Å²) in [5, 5.41) is 11.5. The molecule has 1 aromatic heterocycles. The molecule has 0 bridgehead atoms. The highest BCUT2D eigenvalue weighted by atomic mass is 32.2. The van der Waals surface area contributed by atoms with E-state index in [0.29, 0.717) is 12.0 Å². The van der Waals surface area contributed by atoms with Crippen molar-refractivity contribution in [2.45, 2.75) is 37.4 Å². The van der Waals surface area contributed by atoms with Crippen LogP contribution in [0.5, 0.6) is 0 Å². The first-order valence-electron chi connectivity index (χ1n) is 9.55. The first-order valence-corrected chi connectivity index (χ1v) is 10.4. The Labute approximate surface area is 177 Å². The van der Waals surface area contributed by atoms with Crippen LogP contribution in [-0.2, 0) is 20.9 Å². The van der Waals surface area contributed by atoms with E-state index in [1.54, 1.807) is 23.2 Å². The van der Waals surface area contributed by atoms with Crippen molar-refractivity contribution in [1.29, 1.82) is 0 Å². The third-order valence-electron chi connectivity index (χ3n) is 5.27. The fourth-order valence-corrected chi connectivity index (χ4v) is 4.79. The average Bonchev–Trinajstić information content (AvgIpc) is 3.08. The number of pyridine rings is 1. The van der Waals surface area contributed by atoms with E-state index >= 15 is 0 Å². The van der Waals surface area contributed by atoms with Gasteiger partial charge < -0.3 is 9.64 Å². The van der Waals surface area contributed by atoms with Crippen LogP contribution in [0.4, 0.5) is 5.69 Å². The van der Waals surface area contributed by atoms with Crippen LogP contribution in [0.25, 0.3) is 0 Å². The number of ether oxygens (including phenoxy) is 1. The minimum atomic E-state index is -0.572. The van der Waals surface area contributed by atoms with Crippen LogP contribution in [0.2, 0.25) is 0 Å². The minimum Gasteiger partial charge on any atom is -0.456 e. The molecule has 0 radical (unpaired) electrons. The molecule has 1 amide bonds. The smallest absolute Gasteiger partial charge is 0.356 e. The minimum absolute atomic E-state index is 0.0179. The van der Waals surface area contributed by atoms with E-state index < -0.39 is 10.9 Å². The number of hydrogen-bond donors (Lipinski definition) is 0. The number of nitrogens with zero attached hydrogens (tertiary/aromatic N) is 3. The van der Waals surface area contributed by atoms with Crippen LogP contribution in [0, 0.1) is 16.0 Å². The molecular weight excluding hydrogens is 406 g/mol. The number of carbonyl (C=O) groups excluding carboxylic acids is 2. The number of non-ortho nitro benzene ring substituents is 1. The standard InChI is InChI=1S/C21H19N3O5S/c1-2-15-16-11-17(30-18-5-3-4-10-22-18)19(23(16)20(15)25)21(26)29-12-13-6-8-14(9-7-13)24(27)28/h3-10,15-16H,2,11-12H2,1H3. The first kappa shape index (κ1) is 20.1. The van der Waals surface area contributed by atoms with Crippen LogP contribution in [0.15, 0.2) is 64.3 Å². The first-order chi connectivity index (χ1) is 14.5. The number of rotatable bonds is 7. The molecule has 1 fully saturated rings. The Hall–Kier alpha value is -3.20. The third kappa shape index (κ3) is 3.68. The molecule has 154 valence electrons. The number of esters is 1. The summed E-state index contributed by atoms with van der Waals surface area (Å²) in [6.07, 6.45) is 3.01. The van der Waals surface area contributed by atoms with Gasteiger partial charge >= 0.3 is 5.97 Å². The molecular formula is C21H19N3O5S. The van der Waals surface area contributed by atoms with Crippen LogP contribution in [0.3, 0.4) is 0 Å². The molecule has 2 aromatic rings. The largest absolute Gasteiger partial charge is 0.456 e. The van der Waals surface area contributed by atoms with Crippen molar-refractivity contribution in [1.82, 2.24) is 9.88 Å². The number of carbonyl (C=O) groups is 2. The normalized spacial score (nSPS) is 20.0. The molecule has 4 rings (SSSR count). The maximum atomic E-state index is 12.9. The summed E-state index contributed by atoms with van der Waals surface area (Å²) in [6.45, 7) is 1.93. The van der Waals surface area contributed by atoms with Gasteiger partial charge in [0.25, 0.3) is 5.69 Å². The molecule has 8 nitrogen and oxygen atoms in total. The zero-order valence-electron chi connectivity index (χ0n) is 16.2. The number of thioether (sulfide) groups is 1. The van der Waals surface area contributed by atoms with Crippen LogP contribution >= 0.6 is 11.8 Å². The summed E-state index contributed by atoms with van der Waals surface area (Å²) in [5.74, 6) is -0.706. The molecule has 30 heavy (non-hydrogen) atoms. The molecule has 0 saturated carbocycles. The maximum absolute atomic E-state index is 12.9. The predicted octanol–water partition coefficient (Wildman–Crippen LogP) is 3.68. The van der Waals surface area contributed by atoms with Gasteiger partial charge in [-0.25, -0.2) is 9.78 Å². The molecule has 0 N–H and O–H groups in total. The second kappa shape index (κ2) is 8.27. The van der Waals surface area contributed by atoms with E-state index in [9.17, 15) is 19.7 Å². The third-order valence-corrected chi connectivity index (χ3v) is 6.32. The predicted molar refractivity (Wildman–Crippen MR) is 109 cm³/mol. The van der Waals surface area contributed by atoms with Gasteiger partial charge in [0.05, 0.1) is 16.9 Å². The van der Waals surface area contributed by atoms with Crippen molar-refractivity contribution in [2.75, 3.05) is 0 Å². The van der Waals surface area contributed by atoms with E-state index in [0.717, 1.165) is 16.4 Å². The number of hydrogen-bond acceptors (Lipinski definition) is 7. The summed E-state index contributed by atoms with van der Waals surface area (Å²) in [6, 6.07) is 11.3. The van der Waals surface area contributed by atoms with E-state index in [-0.39, 0.29) is 35.9 Å². The number of β-lactam (4-membered cyclic amide) rings is 1. The van der Waals surface area contributed by atoms with Crippen molar-refractivity contribution in [3.63, 3.8) is 0 Å². The number of amides is 1. The lowest BCUT2D eigenvalue weighted by Crippen LogP contribution is -2.58. The zero-order valence-corrected chi connectivity index (χ0v) is 17.0. The lowest BCUT2D eigenvalue weighted by atomic mass is 9.85. The fourth-order valence-electron chi connectivity index (χ4n) is 3.75. The Balaban J connectivity index is 1.52. The highest BCUT2D eigenvalue weighted by Crippen LogP contribution is 2.48. The Morgan fingerprint density at radius 2 is 2.07 bits per heavy atom. The number of benzene rings is 1. The SMILES string of the molecule is CCC1C(=O)N2C(C(=O)OCc3ccc([N+](=O)[O-])cc3)=C(Sc3ccccn3)CC12. The van der Waals surface area contributed by atoms with E-state index in [1.165, 1.54) is 23.9 Å². The highest BCUT2D eigenvalue weighted by molar-refractivity contribution is 8.03. The van der Waals surface area contributed by atoms with Gasteiger partial charge in [0.2, 0.25) is 5.91 Å². The molecule has 1 aromatic carbocycles. The quantitative estimate of drug-likeness (QED) is 0.288. The van der Waals surface area contributed by atoms with Crippen LogP contribution < -0.4 is 0 Å². The van der Waals surface area contributed by atoms with Gasteiger partial charge in [0.15, 0.2) is 0 Å². The molecule has 2 atom stereocenters. The molecule has 2 aliphatic rings. The van der Waals surface area contributed by atoms with Crippen molar-refractivity contribution in [2.24, 2.45) is 5.92 Å². The van der Waals surface area contributed by atoms with Crippen LogP contribution in [-0.4, -0.2) is 32.7 Å². The lowest BCUT2D eigenvalue weighted by Gasteiger charge is -2.43. The topological polar surface area (TPSA) is 103 Å². The maximum Gasteiger partial charge on any atom is 0.356 e. The molecule has 1 saturated heterocycles. The van der Waals surface area contributed by atoms with E-state index in [1.807, 2.05) is 25.1 Å². The van der Waals surface area contributed by atoms with Gasteiger partial charge in [-0.3, -0.25) is 14.9 Å². The average molecular weight is 425 g/mol. The van der Waals surface area contributed by atoms with E-state index in [2.05, 4.69) is 4.98 Å². The summed E-state index contributed by atoms with van der Waals surface area (Å²) < 4.78 is 5.46. The number of fused-ring (bicyclic) bond motifs is 1. The number of aromatic nitrogens is 1. The summed E-state index contributed by atoms with van der Waals surface area (Å²) >= 11 is 1.38. The van der Waals surface area contributed by atoms with E-state index in [4.69, 9.17) is 4.74 Å². The number of nitro groups is 1. The summed E-state index contributed by atoms with van der Waals surface area (Å²) in [4.78, 5) is 42.4. The molecule has 0 aliphatic carbocycles. The van der Waals surface area contributed by atoms with Gasteiger partial charge in [0, 0.05) is 29.7 Å². The fraction of sp³-hybridized carbons (Fsp3) is 0.286. The van der Waals surface area contributed by atoms with Crippen molar-refractivity contribution >= 4 is 29.3 Å². The highest BCUT2D eigenvalue weighted by Gasteiger charge is 2.54. The molecule has 2 unspecified atom stereocenters. The second-order valence-corrected chi connectivity index (χ2v) is 8.15. The summed E-state index contributed by atoms with van der Waals surface area (Å²) in [5.41, 5.74) is 0.883. The van der Waals surface area contributed by atoms with Crippen molar-refractivity contribution in [3.8, 4) is 0 Å². The lowest BCUT2D eigenvalue weighted by molar-refractivity contribution is -0.384. The zero-order chi connectivity index (χ0) is 21.3. The van der Waals surface area contributed by atoms with Gasteiger partial charge in [0.1, 0.15) is 17.3 Å². The van der Waals surface area contributed by atoms with Crippen molar-refractivity contribution < 1.29 is 19.2 Å². The molecule has 0 spiro atoms. The monoisotopic (exact) mass is 425 g/mol. The van der Waals surface area contributed by atoms with Gasteiger partial charge in [-0.15, -0.1) is 0 Å². The van der Waals surface area contributed by atoms with Crippen LogP contribution in [0.1, 0.15) is 25.3 Å². The van der Waals surface area contributed by atoms with Gasteiger partial charge in [-0.05, 0) is 36.2 Å².